The average molecular weight is 378 g/mol. The number of hydrogen-bond acceptors (Lipinski definition) is 6. The molecule has 0 unspecified atom stereocenters. The Kier molecular flexibility index (Phi) is 7.60. The van der Waals surface area contributed by atoms with Crippen molar-refractivity contribution in [3.8, 4) is 0 Å². The molecule has 1 saturated carbocycles. The maximum absolute atomic E-state index is 12.5. The SMILES string of the molecule is COC(=O)[C@@H](CC1CC1)NC(=O)[C@@H](NC(=O)OCc1ccccc1)[C@@H](C)O. The second-order valence-corrected chi connectivity index (χ2v) is 6.69. The summed E-state index contributed by atoms with van der Waals surface area (Å²) in [6.45, 7) is 1.41. The molecule has 2 amide bonds. The Balaban J connectivity index is 1.90. The van der Waals surface area contributed by atoms with Crippen molar-refractivity contribution in [2.24, 2.45) is 5.92 Å². The molecule has 148 valence electrons. The quantitative estimate of drug-likeness (QED) is 0.555. The van der Waals surface area contributed by atoms with Crippen molar-refractivity contribution in [3.63, 3.8) is 0 Å². The molecule has 1 aliphatic carbocycles. The van der Waals surface area contributed by atoms with E-state index in [0.29, 0.717) is 12.3 Å². The molecule has 0 saturated heterocycles. The van der Waals surface area contributed by atoms with Gasteiger partial charge >= 0.3 is 12.1 Å². The van der Waals surface area contributed by atoms with Crippen LogP contribution in [0.4, 0.5) is 4.79 Å². The Bertz CT molecular complexity index is 645. The van der Waals surface area contributed by atoms with Crippen LogP contribution in [-0.4, -0.2) is 48.4 Å². The number of esters is 1. The molecular formula is C19H26N2O6. The van der Waals surface area contributed by atoms with E-state index >= 15 is 0 Å². The highest BCUT2D eigenvalue weighted by atomic mass is 16.5. The summed E-state index contributed by atoms with van der Waals surface area (Å²) in [6, 6.07) is 7.01. The number of carbonyl (C=O) groups excluding carboxylic acids is 3. The number of aliphatic hydroxyl groups is 1. The third-order valence-electron chi connectivity index (χ3n) is 4.32. The van der Waals surface area contributed by atoms with Gasteiger partial charge in [0.05, 0.1) is 13.2 Å². The van der Waals surface area contributed by atoms with Crippen molar-refractivity contribution in [1.82, 2.24) is 10.6 Å². The molecule has 0 aromatic heterocycles. The molecule has 8 heteroatoms. The summed E-state index contributed by atoms with van der Waals surface area (Å²) in [5.74, 6) is -0.841. The van der Waals surface area contributed by atoms with Gasteiger partial charge in [-0.3, -0.25) is 4.79 Å². The molecule has 0 spiro atoms. The number of ether oxygens (including phenoxy) is 2. The number of carbonyl (C=O) groups is 3. The lowest BCUT2D eigenvalue weighted by Crippen LogP contribution is -2.56. The first-order chi connectivity index (χ1) is 12.9. The smallest absolute Gasteiger partial charge is 0.408 e. The lowest BCUT2D eigenvalue weighted by atomic mass is 10.1. The first-order valence-corrected chi connectivity index (χ1v) is 8.94. The van der Waals surface area contributed by atoms with Crippen LogP contribution in [0.3, 0.4) is 0 Å². The Morgan fingerprint density at radius 2 is 1.85 bits per heavy atom. The van der Waals surface area contributed by atoms with Gasteiger partial charge in [-0.2, -0.15) is 0 Å². The number of alkyl carbamates (subject to hydrolysis) is 1. The zero-order valence-corrected chi connectivity index (χ0v) is 15.5. The molecule has 2 rings (SSSR count). The van der Waals surface area contributed by atoms with E-state index < -0.39 is 36.2 Å². The predicted molar refractivity (Wildman–Crippen MR) is 96.5 cm³/mol. The maximum Gasteiger partial charge on any atom is 0.408 e. The van der Waals surface area contributed by atoms with Crippen LogP contribution >= 0.6 is 0 Å². The molecule has 8 nitrogen and oxygen atoms in total. The van der Waals surface area contributed by atoms with Gasteiger partial charge in [0, 0.05) is 0 Å². The number of amides is 2. The van der Waals surface area contributed by atoms with Crippen LogP contribution in [0, 0.1) is 5.92 Å². The Morgan fingerprint density at radius 1 is 1.19 bits per heavy atom. The minimum atomic E-state index is -1.25. The summed E-state index contributed by atoms with van der Waals surface area (Å²) in [5.41, 5.74) is 0.792. The predicted octanol–water partition coefficient (Wildman–Crippen LogP) is 1.12. The molecule has 1 aromatic rings. The number of aliphatic hydroxyl groups excluding tert-OH is 1. The second-order valence-electron chi connectivity index (χ2n) is 6.69. The van der Waals surface area contributed by atoms with E-state index in [4.69, 9.17) is 9.47 Å². The van der Waals surface area contributed by atoms with Gasteiger partial charge in [-0.25, -0.2) is 9.59 Å². The molecule has 0 aliphatic heterocycles. The zero-order valence-electron chi connectivity index (χ0n) is 15.5. The third kappa shape index (κ3) is 6.90. The second kappa shape index (κ2) is 9.91. The topological polar surface area (TPSA) is 114 Å². The maximum atomic E-state index is 12.5. The van der Waals surface area contributed by atoms with E-state index in [1.807, 2.05) is 18.2 Å². The Morgan fingerprint density at radius 3 is 2.41 bits per heavy atom. The summed E-state index contributed by atoms with van der Waals surface area (Å²) in [7, 11) is 1.25. The molecule has 1 fully saturated rings. The lowest BCUT2D eigenvalue weighted by molar-refractivity contribution is -0.146. The van der Waals surface area contributed by atoms with Crippen molar-refractivity contribution in [1.29, 1.82) is 0 Å². The minimum Gasteiger partial charge on any atom is -0.467 e. The van der Waals surface area contributed by atoms with Gasteiger partial charge in [0.15, 0.2) is 0 Å². The fraction of sp³-hybridized carbons (Fsp3) is 0.526. The van der Waals surface area contributed by atoms with E-state index in [1.165, 1.54) is 14.0 Å². The van der Waals surface area contributed by atoms with E-state index in [-0.39, 0.29) is 6.61 Å². The molecule has 3 N–H and O–H groups in total. The fourth-order valence-electron chi connectivity index (χ4n) is 2.60. The van der Waals surface area contributed by atoms with Gasteiger partial charge in [-0.1, -0.05) is 43.2 Å². The van der Waals surface area contributed by atoms with Crippen LogP contribution in [0.25, 0.3) is 0 Å². The highest BCUT2D eigenvalue weighted by Gasteiger charge is 2.34. The van der Waals surface area contributed by atoms with E-state index in [1.54, 1.807) is 12.1 Å². The summed E-state index contributed by atoms with van der Waals surface area (Å²) in [5, 5.41) is 14.8. The largest absolute Gasteiger partial charge is 0.467 e. The van der Waals surface area contributed by atoms with Crippen LogP contribution in [0.15, 0.2) is 30.3 Å². The summed E-state index contributed by atoms with van der Waals surface area (Å²) in [4.78, 5) is 36.3. The molecule has 1 aliphatic rings. The van der Waals surface area contributed by atoms with E-state index in [0.717, 1.165) is 18.4 Å². The molecular weight excluding hydrogens is 352 g/mol. The van der Waals surface area contributed by atoms with Crippen LogP contribution in [0.2, 0.25) is 0 Å². The number of rotatable bonds is 9. The Hall–Kier alpha value is -2.61. The van der Waals surface area contributed by atoms with Crippen LogP contribution in [-0.2, 0) is 25.7 Å². The van der Waals surface area contributed by atoms with Crippen LogP contribution in [0.1, 0.15) is 31.7 Å². The van der Waals surface area contributed by atoms with Gasteiger partial charge in [0.25, 0.3) is 0 Å². The van der Waals surface area contributed by atoms with E-state index in [9.17, 15) is 19.5 Å². The first kappa shape index (κ1) is 20.7. The molecule has 0 radical (unpaired) electrons. The van der Waals surface area contributed by atoms with Crippen LogP contribution in [0.5, 0.6) is 0 Å². The fourth-order valence-corrected chi connectivity index (χ4v) is 2.60. The van der Waals surface area contributed by atoms with Crippen molar-refractivity contribution in [2.75, 3.05) is 7.11 Å². The summed E-state index contributed by atoms with van der Waals surface area (Å²) in [6.07, 6.45) is 0.481. The monoisotopic (exact) mass is 378 g/mol. The highest BCUT2D eigenvalue weighted by molar-refractivity contribution is 5.90. The number of nitrogens with one attached hydrogen (secondary N) is 2. The lowest BCUT2D eigenvalue weighted by Gasteiger charge is -2.23. The van der Waals surface area contributed by atoms with Gasteiger partial charge in [-0.05, 0) is 24.8 Å². The zero-order chi connectivity index (χ0) is 19.8. The van der Waals surface area contributed by atoms with Crippen molar-refractivity contribution < 1.29 is 29.0 Å². The van der Waals surface area contributed by atoms with Crippen molar-refractivity contribution >= 4 is 18.0 Å². The standard InChI is InChI=1S/C19H26N2O6/c1-12(22)16(21-19(25)27-11-14-6-4-3-5-7-14)17(23)20-15(18(24)26-2)10-13-8-9-13/h3-7,12-13,15-16,22H,8-11H2,1-2H3,(H,20,23)(H,21,25)/t12-,15-,16+/m1/s1. The number of benzene rings is 1. The third-order valence-corrected chi connectivity index (χ3v) is 4.32. The average Bonchev–Trinajstić information content (AvgIpc) is 3.47. The summed E-state index contributed by atoms with van der Waals surface area (Å²) >= 11 is 0. The van der Waals surface area contributed by atoms with Crippen molar-refractivity contribution in [2.45, 2.75) is 51.0 Å². The molecule has 3 atom stereocenters. The Labute approximate surface area is 158 Å². The highest BCUT2D eigenvalue weighted by Crippen LogP contribution is 2.33. The van der Waals surface area contributed by atoms with Crippen LogP contribution < -0.4 is 10.6 Å². The van der Waals surface area contributed by atoms with Gasteiger partial charge in [0.1, 0.15) is 18.7 Å². The molecule has 1 aromatic carbocycles. The van der Waals surface area contributed by atoms with Gasteiger partial charge in [-0.15, -0.1) is 0 Å². The van der Waals surface area contributed by atoms with E-state index in [2.05, 4.69) is 10.6 Å². The molecule has 27 heavy (non-hydrogen) atoms. The molecule has 0 heterocycles. The minimum absolute atomic E-state index is 0.0350. The summed E-state index contributed by atoms with van der Waals surface area (Å²) < 4.78 is 9.80. The normalized spacial score (nSPS) is 16.6. The van der Waals surface area contributed by atoms with Gasteiger partial charge in [0.2, 0.25) is 5.91 Å². The number of hydrogen-bond donors (Lipinski definition) is 3. The van der Waals surface area contributed by atoms with Gasteiger partial charge < -0.3 is 25.2 Å². The molecule has 0 bridgehead atoms. The van der Waals surface area contributed by atoms with Crippen molar-refractivity contribution in [3.05, 3.63) is 35.9 Å². The number of methoxy groups -OCH3 is 1. The first-order valence-electron chi connectivity index (χ1n) is 8.94.